The van der Waals surface area contributed by atoms with Gasteiger partial charge in [-0.1, -0.05) is 107 Å². The van der Waals surface area contributed by atoms with E-state index >= 15 is 0 Å². The van der Waals surface area contributed by atoms with E-state index in [1.54, 1.807) is 0 Å². The highest BCUT2D eigenvalue weighted by Gasteiger charge is 2.39. The second kappa shape index (κ2) is 11.8. The third-order valence-electron chi connectivity index (χ3n) is 9.44. The molecule has 1 aliphatic carbocycles. The predicted octanol–water partition coefficient (Wildman–Crippen LogP) is 10.9. The Hall–Kier alpha value is -3.06. The van der Waals surface area contributed by atoms with Crippen LogP contribution in [-0.2, 0) is 10.8 Å². The summed E-state index contributed by atoms with van der Waals surface area (Å²) in [6.07, 6.45) is 15.3. The molecule has 2 aromatic carbocycles. The van der Waals surface area contributed by atoms with Crippen LogP contribution >= 0.6 is 0 Å². The molecule has 0 unspecified atom stereocenters. The molecule has 0 fully saturated rings. The van der Waals surface area contributed by atoms with Crippen LogP contribution in [0.4, 0.5) is 5.69 Å². The fourth-order valence-electron chi connectivity index (χ4n) is 6.48. The molecule has 0 spiro atoms. The predicted molar refractivity (Wildman–Crippen MR) is 176 cm³/mol. The number of hydrogen-bond acceptors (Lipinski definition) is 1. The SMILES string of the molecule is C=C(/C=C/C1=C(C)C(=C/C=C2/N(CCCC)c3ccc(C)cc3C2(C)C)/CCC1)C(C)(C)c1cc(C)ccc1C. The molecule has 0 N–H and O–H groups in total. The van der Waals surface area contributed by atoms with Gasteiger partial charge in [0.05, 0.1) is 0 Å². The van der Waals surface area contributed by atoms with Gasteiger partial charge in [0.15, 0.2) is 0 Å². The maximum atomic E-state index is 4.53. The second-order valence-electron chi connectivity index (χ2n) is 13.2. The Morgan fingerprint density at radius 2 is 1.68 bits per heavy atom. The lowest BCUT2D eigenvalue weighted by atomic mass is 9.75. The topological polar surface area (TPSA) is 3.24 Å². The highest BCUT2D eigenvalue weighted by molar-refractivity contribution is 5.71. The molecule has 0 saturated carbocycles. The average Bonchev–Trinajstić information content (AvgIpc) is 3.12. The van der Waals surface area contributed by atoms with Crippen LogP contribution in [0.15, 0.2) is 95.3 Å². The van der Waals surface area contributed by atoms with Gasteiger partial charge in [0, 0.05) is 28.8 Å². The van der Waals surface area contributed by atoms with Crippen molar-refractivity contribution in [2.24, 2.45) is 0 Å². The van der Waals surface area contributed by atoms with Crippen LogP contribution in [0.5, 0.6) is 0 Å². The molecule has 0 saturated heterocycles. The smallest absolute Gasteiger partial charge is 0.0450 e. The summed E-state index contributed by atoms with van der Waals surface area (Å²) in [6, 6.07) is 13.7. The molecule has 0 aromatic heterocycles. The fraction of sp³-hybridized carbons (Fsp3) is 0.436. The number of rotatable bonds is 8. The summed E-state index contributed by atoms with van der Waals surface area (Å²) in [5.41, 5.74) is 15.0. The van der Waals surface area contributed by atoms with Crippen molar-refractivity contribution >= 4 is 5.69 Å². The maximum Gasteiger partial charge on any atom is 0.0450 e. The standard InChI is InChI=1S/C39H51N/c1-11-12-24-40-36-22-17-28(3)26-35(36)39(9,10)37(40)23-21-33-15-13-14-32(31(33)6)20-19-30(5)38(7,8)34-25-27(2)16-18-29(34)4/h16-23,25-26H,5,11-15,24H2,1-4,6-10H3/b20-19+,33-21+,37-23+. The van der Waals surface area contributed by atoms with Gasteiger partial charge >= 0.3 is 0 Å². The number of unbranched alkanes of at least 4 members (excludes halogenated alkanes) is 1. The van der Waals surface area contributed by atoms with E-state index in [2.05, 4.69) is 134 Å². The quantitative estimate of drug-likeness (QED) is 0.305. The fourth-order valence-corrected chi connectivity index (χ4v) is 6.48. The van der Waals surface area contributed by atoms with Crippen molar-refractivity contribution < 1.29 is 0 Å². The van der Waals surface area contributed by atoms with Crippen molar-refractivity contribution in [1.82, 2.24) is 0 Å². The minimum Gasteiger partial charge on any atom is -0.344 e. The van der Waals surface area contributed by atoms with Crippen molar-refractivity contribution in [3.05, 3.63) is 123 Å². The van der Waals surface area contributed by atoms with E-state index in [0.29, 0.717) is 0 Å². The number of allylic oxidation sites excluding steroid dienone is 9. The Balaban J connectivity index is 1.64. The summed E-state index contributed by atoms with van der Waals surface area (Å²) >= 11 is 0. The zero-order chi connectivity index (χ0) is 29.2. The first kappa shape index (κ1) is 29.9. The lowest BCUT2D eigenvalue weighted by molar-refractivity contribution is 0.623. The van der Waals surface area contributed by atoms with Crippen LogP contribution in [-0.4, -0.2) is 6.54 Å². The average molecular weight is 534 g/mol. The van der Waals surface area contributed by atoms with Crippen LogP contribution < -0.4 is 4.90 Å². The minimum atomic E-state index is -0.109. The van der Waals surface area contributed by atoms with Gasteiger partial charge in [0.1, 0.15) is 0 Å². The lowest BCUT2D eigenvalue weighted by Gasteiger charge is -2.29. The van der Waals surface area contributed by atoms with Crippen LogP contribution in [0.25, 0.3) is 0 Å². The molecule has 0 radical (unpaired) electrons. The first-order chi connectivity index (χ1) is 18.9. The van der Waals surface area contributed by atoms with Crippen LogP contribution in [0.3, 0.4) is 0 Å². The summed E-state index contributed by atoms with van der Waals surface area (Å²) in [4.78, 5) is 2.58. The van der Waals surface area contributed by atoms with E-state index in [0.717, 1.165) is 25.0 Å². The van der Waals surface area contributed by atoms with Gasteiger partial charge in [-0.3, -0.25) is 0 Å². The van der Waals surface area contributed by atoms with Gasteiger partial charge in [-0.25, -0.2) is 0 Å². The Labute approximate surface area is 245 Å². The third kappa shape index (κ3) is 5.85. The first-order valence-corrected chi connectivity index (χ1v) is 15.3. The van der Waals surface area contributed by atoms with Gasteiger partial charge in [0.2, 0.25) is 0 Å². The zero-order valence-corrected chi connectivity index (χ0v) is 26.7. The molecule has 0 bridgehead atoms. The maximum absolute atomic E-state index is 4.53. The van der Waals surface area contributed by atoms with E-state index in [1.807, 2.05) is 0 Å². The number of benzene rings is 2. The molecule has 1 nitrogen and oxygen atoms in total. The summed E-state index contributed by atoms with van der Waals surface area (Å²) in [5.74, 6) is 0. The molecule has 1 heteroatoms. The largest absolute Gasteiger partial charge is 0.344 e. The molecule has 0 atom stereocenters. The first-order valence-electron chi connectivity index (χ1n) is 15.3. The van der Waals surface area contributed by atoms with Gasteiger partial charge in [0.25, 0.3) is 0 Å². The van der Waals surface area contributed by atoms with Crippen molar-refractivity contribution in [3.63, 3.8) is 0 Å². The molecular formula is C39H51N. The number of hydrogen-bond donors (Lipinski definition) is 0. The molecule has 4 rings (SSSR count). The monoisotopic (exact) mass is 533 g/mol. The van der Waals surface area contributed by atoms with E-state index in [-0.39, 0.29) is 10.8 Å². The summed E-state index contributed by atoms with van der Waals surface area (Å²) in [5, 5.41) is 0. The molecule has 1 aliphatic heterocycles. The molecule has 2 aliphatic rings. The highest BCUT2D eigenvalue weighted by Crippen LogP contribution is 2.48. The Morgan fingerprint density at radius 3 is 2.40 bits per heavy atom. The van der Waals surface area contributed by atoms with E-state index in [9.17, 15) is 0 Å². The van der Waals surface area contributed by atoms with Gasteiger partial charge < -0.3 is 4.90 Å². The molecular weight excluding hydrogens is 482 g/mol. The van der Waals surface area contributed by atoms with E-state index in [1.165, 1.54) is 75.2 Å². The molecule has 2 aromatic rings. The Morgan fingerprint density at radius 1 is 0.975 bits per heavy atom. The number of nitrogens with zero attached hydrogens (tertiary/aromatic N) is 1. The summed E-state index contributed by atoms with van der Waals surface area (Å²) in [7, 11) is 0. The highest BCUT2D eigenvalue weighted by atomic mass is 15.2. The molecule has 212 valence electrons. The minimum absolute atomic E-state index is 0.00157. The van der Waals surface area contributed by atoms with Crippen LogP contribution in [0.1, 0.15) is 101 Å². The van der Waals surface area contributed by atoms with E-state index < -0.39 is 0 Å². The molecule has 40 heavy (non-hydrogen) atoms. The lowest BCUT2D eigenvalue weighted by Crippen LogP contribution is -2.27. The van der Waals surface area contributed by atoms with Crippen molar-refractivity contribution in [2.75, 3.05) is 11.4 Å². The molecule has 1 heterocycles. The van der Waals surface area contributed by atoms with Gasteiger partial charge in [-0.15, -0.1) is 0 Å². The van der Waals surface area contributed by atoms with E-state index in [4.69, 9.17) is 0 Å². The normalized spacial score (nSPS) is 19.3. The van der Waals surface area contributed by atoms with Gasteiger partial charge in [-0.05, 0) is 105 Å². The number of aryl methyl sites for hydroxylation is 3. The van der Waals surface area contributed by atoms with Crippen LogP contribution in [0, 0.1) is 20.8 Å². The number of anilines is 1. The zero-order valence-electron chi connectivity index (χ0n) is 26.7. The van der Waals surface area contributed by atoms with Crippen molar-refractivity contribution in [1.29, 1.82) is 0 Å². The van der Waals surface area contributed by atoms with Crippen LogP contribution in [0.2, 0.25) is 0 Å². The summed E-state index contributed by atoms with van der Waals surface area (Å²) in [6.45, 7) is 26.2. The second-order valence-corrected chi connectivity index (χ2v) is 13.2. The van der Waals surface area contributed by atoms with Crippen molar-refractivity contribution in [2.45, 2.75) is 105 Å². The summed E-state index contributed by atoms with van der Waals surface area (Å²) < 4.78 is 0. The van der Waals surface area contributed by atoms with Gasteiger partial charge in [-0.2, -0.15) is 0 Å². The molecule has 0 amide bonds. The Bertz CT molecular complexity index is 1400. The Kier molecular flexibility index (Phi) is 8.83. The third-order valence-corrected chi connectivity index (χ3v) is 9.44. The van der Waals surface area contributed by atoms with Crippen molar-refractivity contribution in [3.8, 4) is 0 Å². The number of fused-ring (bicyclic) bond motifs is 1.